The Kier molecular flexibility index (Phi) is 4.95. The lowest BCUT2D eigenvalue weighted by atomic mass is 10.2. The molecule has 0 saturated heterocycles. The topological polar surface area (TPSA) is 77.1 Å². The quantitative estimate of drug-likeness (QED) is 0.882. The molecule has 3 N–H and O–H groups in total. The Morgan fingerprint density at radius 1 is 1.56 bits per heavy atom. The number of amides is 1. The van der Waals surface area contributed by atoms with Crippen LogP contribution in [0, 0.1) is 6.92 Å². The first-order chi connectivity index (χ1) is 8.32. The second-order valence-corrected chi connectivity index (χ2v) is 5.29. The van der Waals surface area contributed by atoms with Gasteiger partial charge in [-0.25, -0.2) is 0 Å². The van der Waals surface area contributed by atoms with Crippen molar-refractivity contribution in [1.29, 1.82) is 0 Å². The monoisotopic (exact) mass is 315 g/mol. The number of hydrogen-bond acceptors (Lipinski definition) is 3. The van der Waals surface area contributed by atoms with Gasteiger partial charge in [-0.1, -0.05) is 0 Å². The van der Waals surface area contributed by atoms with Gasteiger partial charge in [0.25, 0.3) is 5.56 Å². The average molecular weight is 316 g/mol. The number of nitrogens with one attached hydrogen (secondary N) is 1. The van der Waals surface area contributed by atoms with Gasteiger partial charge in [0, 0.05) is 25.2 Å². The molecule has 18 heavy (non-hydrogen) atoms. The van der Waals surface area contributed by atoms with Gasteiger partial charge in [-0.05, 0) is 42.3 Å². The molecule has 100 valence electrons. The largest absolute Gasteiger partial charge is 0.397 e. The molecule has 1 aromatic rings. The van der Waals surface area contributed by atoms with E-state index in [1.54, 1.807) is 13.1 Å². The number of aromatic nitrogens is 1. The molecule has 1 amide bonds. The highest BCUT2D eigenvalue weighted by molar-refractivity contribution is 9.10. The van der Waals surface area contributed by atoms with Crippen LogP contribution in [0.1, 0.15) is 25.8 Å². The van der Waals surface area contributed by atoms with Crippen molar-refractivity contribution in [2.45, 2.75) is 39.8 Å². The van der Waals surface area contributed by atoms with Crippen molar-refractivity contribution in [2.75, 3.05) is 5.73 Å². The van der Waals surface area contributed by atoms with Crippen molar-refractivity contribution in [1.82, 2.24) is 9.88 Å². The molecule has 0 bridgehead atoms. The minimum atomic E-state index is -0.168. The first kappa shape index (κ1) is 14.8. The van der Waals surface area contributed by atoms with E-state index in [9.17, 15) is 9.59 Å². The molecule has 0 aliphatic rings. The van der Waals surface area contributed by atoms with E-state index in [0.29, 0.717) is 16.7 Å². The lowest BCUT2D eigenvalue weighted by Crippen LogP contribution is -2.32. The Labute approximate surface area is 114 Å². The molecule has 0 spiro atoms. The van der Waals surface area contributed by atoms with Crippen LogP contribution in [0.3, 0.4) is 0 Å². The Morgan fingerprint density at radius 2 is 2.17 bits per heavy atom. The molecule has 6 heteroatoms. The van der Waals surface area contributed by atoms with Crippen LogP contribution in [0.4, 0.5) is 5.69 Å². The van der Waals surface area contributed by atoms with Gasteiger partial charge in [-0.15, -0.1) is 0 Å². The van der Waals surface area contributed by atoms with Crippen LogP contribution in [0.5, 0.6) is 0 Å². The predicted molar refractivity (Wildman–Crippen MR) is 75.4 cm³/mol. The number of halogens is 1. The van der Waals surface area contributed by atoms with Gasteiger partial charge in [-0.3, -0.25) is 9.59 Å². The van der Waals surface area contributed by atoms with Crippen molar-refractivity contribution >= 4 is 27.5 Å². The molecule has 0 fully saturated rings. The zero-order valence-corrected chi connectivity index (χ0v) is 12.4. The van der Waals surface area contributed by atoms with Crippen LogP contribution in [0.2, 0.25) is 0 Å². The van der Waals surface area contributed by atoms with Crippen molar-refractivity contribution in [2.24, 2.45) is 0 Å². The lowest BCUT2D eigenvalue weighted by molar-refractivity contribution is -0.121. The van der Waals surface area contributed by atoms with E-state index in [0.717, 1.165) is 5.56 Å². The maximum absolute atomic E-state index is 11.9. The zero-order chi connectivity index (χ0) is 13.9. The third kappa shape index (κ3) is 3.60. The number of aryl methyl sites for hydroxylation is 1. The minimum Gasteiger partial charge on any atom is -0.397 e. The maximum atomic E-state index is 11.9. The molecular weight excluding hydrogens is 298 g/mol. The third-order valence-electron chi connectivity index (χ3n) is 2.54. The van der Waals surface area contributed by atoms with E-state index in [1.807, 2.05) is 13.8 Å². The average Bonchev–Trinajstić information content (AvgIpc) is 2.28. The lowest BCUT2D eigenvalue weighted by Gasteiger charge is -2.11. The van der Waals surface area contributed by atoms with Gasteiger partial charge in [-0.2, -0.15) is 0 Å². The molecule has 0 unspecified atom stereocenters. The summed E-state index contributed by atoms with van der Waals surface area (Å²) in [5.41, 5.74) is 6.88. The summed E-state index contributed by atoms with van der Waals surface area (Å²) in [7, 11) is 0. The Balaban J connectivity index is 2.81. The van der Waals surface area contributed by atoms with Gasteiger partial charge in [0.05, 0.1) is 10.2 Å². The van der Waals surface area contributed by atoms with Crippen LogP contribution in [0.25, 0.3) is 0 Å². The van der Waals surface area contributed by atoms with E-state index >= 15 is 0 Å². The minimum absolute atomic E-state index is 0.0767. The number of carbonyl (C=O) groups is 1. The summed E-state index contributed by atoms with van der Waals surface area (Å²) < 4.78 is 1.90. The van der Waals surface area contributed by atoms with E-state index in [2.05, 4.69) is 21.2 Å². The van der Waals surface area contributed by atoms with Crippen molar-refractivity contribution in [3.8, 4) is 0 Å². The van der Waals surface area contributed by atoms with E-state index in [1.165, 1.54) is 4.57 Å². The van der Waals surface area contributed by atoms with E-state index in [-0.39, 0.29) is 23.9 Å². The molecule has 0 radical (unpaired) electrons. The Morgan fingerprint density at radius 3 is 2.72 bits per heavy atom. The molecular formula is C12H18BrN3O2. The number of anilines is 1. The van der Waals surface area contributed by atoms with Crippen molar-refractivity contribution in [3.05, 3.63) is 26.6 Å². The summed E-state index contributed by atoms with van der Waals surface area (Å²) in [5.74, 6) is -0.0767. The van der Waals surface area contributed by atoms with Crippen LogP contribution in [-0.2, 0) is 11.3 Å². The highest BCUT2D eigenvalue weighted by Crippen LogP contribution is 2.17. The zero-order valence-electron chi connectivity index (χ0n) is 10.8. The summed E-state index contributed by atoms with van der Waals surface area (Å²) in [5, 5.41) is 2.78. The second-order valence-electron chi connectivity index (χ2n) is 4.49. The molecule has 1 rings (SSSR count). The van der Waals surface area contributed by atoms with E-state index < -0.39 is 0 Å². The number of pyridine rings is 1. The molecule has 0 aromatic carbocycles. The third-order valence-corrected chi connectivity index (χ3v) is 3.47. The molecule has 0 aliphatic heterocycles. The second kappa shape index (κ2) is 6.04. The highest BCUT2D eigenvalue weighted by Gasteiger charge is 2.10. The smallest absolute Gasteiger partial charge is 0.265 e. The standard InChI is InChI=1S/C12H18BrN3O2/c1-7(2)15-10(17)4-5-16-6-9(14)8(3)11(13)12(16)18/h6-7H,4-5,14H2,1-3H3,(H,15,17). The van der Waals surface area contributed by atoms with Gasteiger partial charge in [0.15, 0.2) is 0 Å². The van der Waals surface area contributed by atoms with Crippen LogP contribution in [0.15, 0.2) is 15.5 Å². The number of rotatable bonds is 4. The van der Waals surface area contributed by atoms with Gasteiger partial charge in [0.2, 0.25) is 5.91 Å². The molecule has 0 atom stereocenters. The Bertz CT molecular complexity index is 509. The summed E-state index contributed by atoms with van der Waals surface area (Å²) in [6.45, 7) is 5.88. The fraction of sp³-hybridized carbons (Fsp3) is 0.500. The van der Waals surface area contributed by atoms with Gasteiger partial charge < -0.3 is 15.6 Å². The fourth-order valence-electron chi connectivity index (χ4n) is 1.52. The first-order valence-corrected chi connectivity index (χ1v) is 6.56. The van der Waals surface area contributed by atoms with Crippen molar-refractivity contribution < 1.29 is 4.79 Å². The van der Waals surface area contributed by atoms with Gasteiger partial charge >= 0.3 is 0 Å². The highest BCUT2D eigenvalue weighted by atomic mass is 79.9. The molecule has 0 aliphatic carbocycles. The summed E-state index contributed by atoms with van der Waals surface area (Å²) in [6, 6.07) is 0.101. The van der Waals surface area contributed by atoms with Crippen LogP contribution < -0.4 is 16.6 Å². The van der Waals surface area contributed by atoms with Crippen LogP contribution >= 0.6 is 15.9 Å². The number of nitrogen functional groups attached to an aromatic ring is 1. The molecule has 0 saturated carbocycles. The number of nitrogens with two attached hydrogens (primary N) is 1. The number of hydrogen-bond donors (Lipinski definition) is 2. The predicted octanol–water partition coefficient (Wildman–Crippen LogP) is 1.42. The summed E-state index contributed by atoms with van der Waals surface area (Å²) in [4.78, 5) is 23.4. The van der Waals surface area contributed by atoms with Crippen molar-refractivity contribution in [3.63, 3.8) is 0 Å². The Hall–Kier alpha value is -1.30. The normalized spacial score (nSPS) is 10.7. The molecule has 1 aromatic heterocycles. The van der Waals surface area contributed by atoms with E-state index in [4.69, 9.17) is 5.73 Å². The maximum Gasteiger partial charge on any atom is 0.265 e. The summed E-state index contributed by atoms with van der Waals surface area (Å²) >= 11 is 3.21. The first-order valence-electron chi connectivity index (χ1n) is 5.77. The number of carbonyl (C=O) groups excluding carboxylic acids is 1. The van der Waals surface area contributed by atoms with Crippen LogP contribution in [-0.4, -0.2) is 16.5 Å². The van der Waals surface area contributed by atoms with Gasteiger partial charge in [0.1, 0.15) is 0 Å². The molecule has 1 heterocycles. The molecule has 5 nitrogen and oxygen atoms in total. The number of nitrogens with zero attached hydrogens (tertiary/aromatic N) is 1. The fourth-order valence-corrected chi connectivity index (χ4v) is 1.98. The SMILES string of the molecule is Cc1c(N)cn(CCC(=O)NC(C)C)c(=O)c1Br. The summed E-state index contributed by atoms with van der Waals surface area (Å²) in [6.07, 6.45) is 1.83.